The standard InChI is InChI=1S/C15H19FN2O/c1-18-5-3-4-11(18)6-10-9-17-15-13(10)7-12(19-2)8-14(15)16/h7-9,11,17H,3-6H2,1-2H3/t11-/m1/s1/i1D3. The predicted octanol–water partition coefficient (Wildman–Crippen LogP) is 2.95. The van der Waals surface area contributed by atoms with Crippen LogP contribution in [0.2, 0.25) is 0 Å². The summed E-state index contributed by atoms with van der Waals surface area (Å²) in [4.78, 5) is 4.52. The molecular weight excluding hydrogens is 243 g/mol. The van der Waals surface area contributed by atoms with Crippen molar-refractivity contribution in [3.63, 3.8) is 0 Å². The Balaban J connectivity index is 1.92. The van der Waals surface area contributed by atoms with E-state index in [2.05, 4.69) is 4.98 Å². The maximum absolute atomic E-state index is 14.0. The lowest BCUT2D eigenvalue weighted by molar-refractivity contribution is 0.310. The molecule has 4 heteroatoms. The van der Waals surface area contributed by atoms with Gasteiger partial charge in [0.1, 0.15) is 5.75 Å². The summed E-state index contributed by atoms with van der Waals surface area (Å²) in [6.45, 7) is -1.49. The molecule has 1 atom stereocenters. The van der Waals surface area contributed by atoms with Gasteiger partial charge in [0.05, 0.1) is 12.6 Å². The molecule has 19 heavy (non-hydrogen) atoms. The van der Waals surface area contributed by atoms with Crippen LogP contribution in [-0.4, -0.2) is 36.6 Å². The molecule has 0 radical (unpaired) electrons. The van der Waals surface area contributed by atoms with Gasteiger partial charge in [-0.2, -0.15) is 0 Å². The molecule has 1 aromatic heterocycles. The first-order valence-corrected chi connectivity index (χ1v) is 6.50. The third kappa shape index (κ3) is 2.21. The van der Waals surface area contributed by atoms with E-state index in [-0.39, 0.29) is 11.9 Å². The number of rotatable bonds is 3. The van der Waals surface area contributed by atoms with Crippen molar-refractivity contribution in [2.24, 2.45) is 0 Å². The lowest BCUT2D eigenvalue weighted by atomic mass is 10.0. The van der Waals surface area contributed by atoms with Crippen LogP contribution in [0.5, 0.6) is 5.75 Å². The summed E-state index contributed by atoms with van der Waals surface area (Å²) < 4.78 is 42.0. The summed E-state index contributed by atoms with van der Waals surface area (Å²) in [6.07, 6.45) is 4.08. The van der Waals surface area contributed by atoms with Gasteiger partial charge in [-0.25, -0.2) is 4.39 Å². The van der Waals surface area contributed by atoms with Gasteiger partial charge in [-0.15, -0.1) is 0 Å². The number of nitrogens with zero attached hydrogens (tertiary/aromatic N) is 1. The largest absolute Gasteiger partial charge is 0.497 e. The quantitative estimate of drug-likeness (QED) is 0.924. The van der Waals surface area contributed by atoms with Crippen molar-refractivity contribution in [1.29, 1.82) is 0 Å². The maximum Gasteiger partial charge on any atom is 0.150 e. The molecule has 2 heterocycles. The Morgan fingerprint density at radius 3 is 3.26 bits per heavy atom. The van der Waals surface area contributed by atoms with E-state index in [0.717, 1.165) is 23.8 Å². The van der Waals surface area contributed by atoms with Gasteiger partial charge in [-0.3, -0.25) is 0 Å². The number of H-pyrrole nitrogens is 1. The maximum atomic E-state index is 14.0. The lowest BCUT2D eigenvalue weighted by Crippen LogP contribution is -2.26. The van der Waals surface area contributed by atoms with E-state index in [9.17, 15) is 4.39 Å². The van der Waals surface area contributed by atoms with E-state index in [1.165, 1.54) is 13.2 Å². The van der Waals surface area contributed by atoms with Gasteiger partial charge >= 0.3 is 0 Å². The van der Waals surface area contributed by atoms with Crippen LogP contribution in [0.15, 0.2) is 18.3 Å². The van der Waals surface area contributed by atoms with Crippen LogP contribution < -0.4 is 4.74 Å². The van der Waals surface area contributed by atoms with Crippen molar-refractivity contribution < 1.29 is 13.2 Å². The second-order valence-electron chi connectivity index (χ2n) is 5.04. The van der Waals surface area contributed by atoms with Crippen LogP contribution in [0.1, 0.15) is 22.5 Å². The molecule has 1 N–H and O–H groups in total. The van der Waals surface area contributed by atoms with Crippen LogP contribution in [-0.2, 0) is 6.42 Å². The van der Waals surface area contributed by atoms with Gasteiger partial charge in [0.2, 0.25) is 0 Å². The van der Waals surface area contributed by atoms with Crippen LogP contribution in [0.4, 0.5) is 4.39 Å². The van der Waals surface area contributed by atoms with Crippen molar-refractivity contribution in [1.82, 2.24) is 9.88 Å². The van der Waals surface area contributed by atoms with Gasteiger partial charge in [0, 0.05) is 27.8 Å². The molecule has 1 aliphatic rings. The average molecular weight is 265 g/mol. The number of methoxy groups -OCH3 is 1. The van der Waals surface area contributed by atoms with Crippen LogP contribution in [0.25, 0.3) is 10.9 Å². The number of fused-ring (bicyclic) bond motifs is 1. The molecule has 3 rings (SSSR count). The second-order valence-corrected chi connectivity index (χ2v) is 5.04. The number of ether oxygens (including phenoxy) is 1. The topological polar surface area (TPSA) is 28.3 Å². The zero-order valence-corrected chi connectivity index (χ0v) is 10.9. The number of nitrogens with one attached hydrogen (secondary N) is 1. The van der Waals surface area contributed by atoms with Crippen molar-refractivity contribution >= 4 is 10.9 Å². The summed E-state index contributed by atoms with van der Waals surface area (Å²) in [7, 11) is 1.50. The molecule has 0 bridgehead atoms. The fraction of sp³-hybridized carbons (Fsp3) is 0.467. The zero-order chi connectivity index (χ0) is 15.9. The zero-order valence-electron chi connectivity index (χ0n) is 13.9. The minimum absolute atomic E-state index is 0.0410. The lowest BCUT2D eigenvalue weighted by Gasteiger charge is -2.18. The molecule has 0 amide bonds. The number of aromatic nitrogens is 1. The first-order valence-electron chi connectivity index (χ1n) is 8.00. The minimum Gasteiger partial charge on any atom is -0.497 e. The number of aromatic amines is 1. The van der Waals surface area contributed by atoms with E-state index in [1.807, 2.05) is 0 Å². The Morgan fingerprint density at radius 1 is 1.58 bits per heavy atom. The molecule has 0 spiro atoms. The molecule has 102 valence electrons. The summed E-state index contributed by atoms with van der Waals surface area (Å²) in [5.74, 6) is 0.102. The van der Waals surface area contributed by atoms with Crippen molar-refractivity contribution in [3.8, 4) is 5.75 Å². The highest BCUT2D eigenvalue weighted by Crippen LogP contribution is 2.29. The molecule has 1 saturated heterocycles. The highest BCUT2D eigenvalue weighted by Gasteiger charge is 2.22. The van der Waals surface area contributed by atoms with Gasteiger partial charge in [0.25, 0.3) is 0 Å². The number of hydrogen-bond acceptors (Lipinski definition) is 2. The Kier molecular flexibility index (Phi) is 2.39. The minimum atomic E-state index is -2.07. The van der Waals surface area contributed by atoms with Gasteiger partial charge in [0.15, 0.2) is 5.82 Å². The molecule has 1 aliphatic heterocycles. The summed E-state index contributed by atoms with van der Waals surface area (Å²) in [6, 6.07) is 3.09. The number of likely N-dealkylation sites (N-methyl/N-ethyl adjacent to an activating group) is 1. The average Bonchev–Trinajstić information content (AvgIpc) is 3.06. The molecule has 1 aromatic carbocycles. The van der Waals surface area contributed by atoms with E-state index >= 15 is 0 Å². The smallest absolute Gasteiger partial charge is 0.150 e. The van der Waals surface area contributed by atoms with Gasteiger partial charge in [-0.05, 0) is 44.4 Å². The number of likely N-dealkylation sites (tertiary alicyclic amines) is 1. The molecule has 1 fully saturated rings. The normalized spacial score (nSPS) is 23.3. The Hall–Kier alpha value is -1.55. The third-order valence-electron chi connectivity index (χ3n) is 3.87. The van der Waals surface area contributed by atoms with E-state index < -0.39 is 6.98 Å². The van der Waals surface area contributed by atoms with E-state index in [0.29, 0.717) is 24.2 Å². The van der Waals surface area contributed by atoms with Crippen molar-refractivity contribution in [3.05, 3.63) is 29.7 Å². The number of benzene rings is 1. The highest BCUT2D eigenvalue weighted by molar-refractivity contribution is 5.85. The van der Waals surface area contributed by atoms with E-state index in [1.54, 1.807) is 17.2 Å². The first kappa shape index (κ1) is 9.37. The van der Waals surface area contributed by atoms with Crippen LogP contribution in [0, 0.1) is 5.82 Å². The summed E-state index contributed by atoms with van der Waals surface area (Å²) in [5.41, 5.74) is 1.36. The Labute approximate surface area is 116 Å². The van der Waals surface area contributed by atoms with Crippen LogP contribution in [0.3, 0.4) is 0 Å². The fourth-order valence-corrected chi connectivity index (χ4v) is 2.81. The van der Waals surface area contributed by atoms with Crippen molar-refractivity contribution in [2.75, 3.05) is 20.6 Å². The molecule has 0 aliphatic carbocycles. The molecule has 0 saturated carbocycles. The molecular formula is C15H19FN2O. The highest BCUT2D eigenvalue weighted by atomic mass is 19.1. The second kappa shape index (κ2) is 4.85. The summed E-state index contributed by atoms with van der Waals surface area (Å²) >= 11 is 0. The molecule has 3 nitrogen and oxygen atoms in total. The third-order valence-corrected chi connectivity index (χ3v) is 3.87. The number of hydrogen-bond donors (Lipinski definition) is 1. The van der Waals surface area contributed by atoms with E-state index in [4.69, 9.17) is 8.85 Å². The monoisotopic (exact) mass is 265 g/mol. The van der Waals surface area contributed by atoms with Gasteiger partial charge < -0.3 is 14.6 Å². The Morgan fingerprint density at radius 2 is 2.47 bits per heavy atom. The first-order chi connectivity index (χ1) is 10.4. The van der Waals surface area contributed by atoms with Gasteiger partial charge in [-0.1, -0.05) is 0 Å². The molecule has 2 aromatic rings. The predicted molar refractivity (Wildman–Crippen MR) is 74.2 cm³/mol. The van der Waals surface area contributed by atoms with Crippen molar-refractivity contribution in [2.45, 2.75) is 25.3 Å². The van der Waals surface area contributed by atoms with Crippen LogP contribution >= 0.6 is 0 Å². The fourth-order valence-electron chi connectivity index (χ4n) is 2.81. The summed E-state index contributed by atoms with van der Waals surface area (Å²) in [5, 5.41) is 0.759. The number of halogens is 1. The molecule has 0 unspecified atom stereocenters. The Bertz CT molecular complexity index is 683. The SMILES string of the molecule is [2H]C([2H])([2H])N1CCC[C@@H]1Cc1c[nH]c2c(F)cc(OC)cc12.